The first-order valence-corrected chi connectivity index (χ1v) is 10.1. The first-order chi connectivity index (χ1) is 14.0. The molecule has 1 aromatic heterocycles. The first kappa shape index (κ1) is 21.2. The van der Waals surface area contributed by atoms with Gasteiger partial charge in [0.1, 0.15) is 5.15 Å². The zero-order chi connectivity index (χ0) is 21.0. The van der Waals surface area contributed by atoms with Crippen molar-refractivity contribution >= 4 is 33.4 Å². The van der Waals surface area contributed by atoms with Crippen LogP contribution >= 0.6 is 27.5 Å². The Morgan fingerprint density at radius 2 is 1.83 bits per heavy atom. The van der Waals surface area contributed by atoms with Gasteiger partial charge in [-0.25, -0.2) is 4.68 Å². The van der Waals surface area contributed by atoms with E-state index in [0.29, 0.717) is 40.9 Å². The number of carbonyl (C=O) groups excluding carboxylic acids is 1. The molecule has 0 bridgehead atoms. The number of nitrogens with zero attached hydrogens (tertiary/aromatic N) is 2. The van der Waals surface area contributed by atoms with E-state index in [1.165, 1.54) is 0 Å². The van der Waals surface area contributed by atoms with Gasteiger partial charge in [-0.1, -0.05) is 45.7 Å². The molecule has 0 saturated heterocycles. The fraction of sp³-hybridized carbons (Fsp3) is 0.238. The van der Waals surface area contributed by atoms with Crippen molar-refractivity contribution in [3.05, 3.63) is 68.9 Å². The fourth-order valence-electron chi connectivity index (χ4n) is 2.98. The number of methoxy groups -OCH3 is 2. The van der Waals surface area contributed by atoms with Crippen LogP contribution in [0.4, 0.5) is 0 Å². The van der Waals surface area contributed by atoms with Gasteiger partial charge >= 0.3 is 0 Å². The average molecular weight is 479 g/mol. The van der Waals surface area contributed by atoms with Gasteiger partial charge in [-0.05, 0) is 43.2 Å². The highest BCUT2D eigenvalue weighted by atomic mass is 79.9. The van der Waals surface area contributed by atoms with E-state index in [1.54, 1.807) is 25.8 Å². The lowest BCUT2D eigenvalue weighted by atomic mass is 10.1. The van der Waals surface area contributed by atoms with E-state index in [0.717, 1.165) is 15.7 Å². The minimum Gasteiger partial charge on any atom is -0.493 e. The molecule has 1 N–H and O–H groups in total. The second-order valence-electron chi connectivity index (χ2n) is 6.30. The Balaban J connectivity index is 1.72. The number of aromatic nitrogens is 2. The van der Waals surface area contributed by atoms with Gasteiger partial charge in [0, 0.05) is 11.0 Å². The largest absolute Gasteiger partial charge is 0.493 e. The van der Waals surface area contributed by atoms with Crippen LogP contribution in [-0.2, 0) is 6.42 Å². The Bertz CT molecular complexity index is 1020. The van der Waals surface area contributed by atoms with E-state index < -0.39 is 0 Å². The summed E-state index contributed by atoms with van der Waals surface area (Å²) in [5, 5.41) is 7.62. The predicted molar refractivity (Wildman–Crippen MR) is 117 cm³/mol. The monoisotopic (exact) mass is 477 g/mol. The highest BCUT2D eigenvalue weighted by molar-refractivity contribution is 9.10. The van der Waals surface area contributed by atoms with Gasteiger partial charge in [-0.3, -0.25) is 4.79 Å². The molecule has 0 aliphatic carbocycles. The number of halogens is 2. The van der Waals surface area contributed by atoms with Gasteiger partial charge in [-0.15, -0.1) is 0 Å². The molecular weight excluding hydrogens is 458 g/mol. The zero-order valence-corrected chi connectivity index (χ0v) is 18.7. The van der Waals surface area contributed by atoms with Crippen molar-refractivity contribution in [2.24, 2.45) is 0 Å². The standard InChI is InChI=1S/C21H21BrClN3O3/c1-13-19(20(23)26(25-13)15-7-5-4-6-8-15)21(27)24-10-9-14-11-17(28-2)18(29-3)12-16(14)22/h4-8,11-12H,9-10H2,1-3H3,(H,24,27). The van der Waals surface area contributed by atoms with Crippen molar-refractivity contribution in [3.63, 3.8) is 0 Å². The van der Waals surface area contributed by atoms with Gasteiger partial charge in [0.25, 0.3) is 5.91 Å². The number of aryl methyl sites for hydroxylation is 1. The van der Waals surface area contributed by atoms with E-state index in [-0.39, 0.29) is 5.91 Å². The third kappa shape index (κ3) is 4.57. The van der Waals surface area contributed by atoms with Gasteiger partial charge in [0.2, 0.25) is 0 Å². The maximum absolute atomic E-state index is 12.7. The minimum atomic E-state index is -0.258. The Morgan fingerprint density at radius 1 is 1.17 bits per heavy atom. The molecule has 0 atom stereocenters. The maximum Gasteiger partial charge on any atom is 0.256 e. The highest BCUT2D eigenvalue weighted by Gasteiger charge is 2.21. The lowest BCUT2D eigenvalue weighted by Gasteiger charge is -2.12. The lowest BCUT2D eigenvalue weighted by Crippen LogP contribution is -2.26. The summed E-state index contributed by atoms with van der Waals surface area (Å²) in [6.45, 7) is 2.20. The van der Waals surface area contributed by atoms with Crippen LogP contribution in [0, 0.1) is 6.92 Å². The van der Waals surface area contributed by atoms with E-state index >= 15 is 0 Å². The first-order valence-electron chi connectivity index (χ1n) is 8.95. The normalized spacial score (nSPS) is 10.7. The molecular formula is C21H21BrClN3O3. The van der Waals surface area contributed by atoms with E-state index in [9.17, 15) is 4.79 Å². The van der Waals surface area contributed by atoms with Gasteiger partial charge in [0.15, 0.2) is 11.5 Å². The average Bonchev–Trinajstić information content (AvgIpc) is 3.03. The van der Waals surface area contributed by atoms with Gasteiger partial charge < -0.3 is 14.8 Å². The third-order valence-electron chi connectivity index (χ3n) is 4.46. The number of amides is 1. The summed E-state index contributed by atoms with van der Waals surface area (Å²) in [5.41, 5.74) is 2.74. The van der Waals surface area contributed by atoms with Gasteiger partial charge in [-0.2, -0.15) is 5.10 Å². The summed E-state index contributed by atoms with van der Waals surface area (Å²) in [4.78, 5) is 12.7. The number of nitrogens with one attached hydrogen (secondary N) is 1. The molecule has 0 spiro atoms. The molecule has 1 heterocycles. The molecule has 3 rings (SSSR count). The summed E-state index contributed by atoms with van der Waals surface area (Å²) in [6.07, 6.45) is 0.607. The van der Waals surface area contributed by atoms with Crippen LogP contribution in [0.3, 0.4) is 0 Å². The van der Waals surface area contributed by atoms with Crippen molar-refractivity contribution in [2.45, 2.75) is 13.3 Å². The Labute approximate surface area is 182 Å². The molecule has 6 nitrogen and oxygen atoms in total. The summed E-state index contributed by atoms with van der Waals surface area (Å²) in [5.74, 6) is 1.02. The lowest BCUT2D eigenvalue weighted by molar-refractivity contribution is 0.0953. The number of benzene rings is 2. The van der Waals surface area contributed by atoms with Crippen LogP contribution in [-0.4, -0.2) is 36.5 Å². The van der Waals surface area contributed by atoms with Crippen molar-refractivity contribution in [3.8, 4) is 17.2 Å². The maximum atomic E-state index is 12.7. The minimum absolute atomic E-state index is 0.258. The van der Waals surface area contributed by atoms with Crippen LogP contribution in [0.15, 0.2) is 46.9 Å². The molecule has 29 heavy (non-hydrogen) atoms. The van der Waals surface area contributed by atoms with Crippen molar-refractivity contribution < 1.29 is 14.3 Å². The van der Waals surface area contributed by atoms with Crippen LogP contribution in [0.25, 0.3) is 5.69 Å². The second kappa shape index (κ2) is 9.33. The molecule has 3 aromatic rings. The Kier molecular flexibility index (Phi) is 6.82. The number of hydrogen-bond donors (Lipinski definition) is 1. The number of hydrogen-bond acceptors (Lipinski definition) is 4. The molecule has 0 fully saturated rings. The van der Waals surface area contributed by atoms with Gasteiger partial charge in [0.05, 0.1) is 31.2 Å². The number of ether oxygens (including phenoxy) is 2. The predicted octanol–water partition coefficient (Wildman–Crippen LogP) is 4.59. The van der Waals surface area contributed by atoms with Crippen LogP contribution in [0.1, 0.15) is 21.6 Å². The smallest absolute Gasteiger partial charge is 0.256 e. The van der Waals surface area contributed by atoms with Crippen LogP contribution in [0.5, 0.6) is 11.5 Å². The molecule has 2 aromatic carbocycles. The Morgan fingerprint density at radius 3 is 2.48 bits per heavy atom. The molecule has 0 unspecified atom stereocenters. The molecule has 8 heteroatoms. The zero-order valence-electron chi connectivity index (χ0n) is 16.3. The summed E-state index contributed by atoms with van der Waals surface area (Å²) in [7, 11) is 3.18. The molecule has 0 aliphatic rings. The molecule has 1 amide bonds. The topological polar surface area (TPSA) is 65.4 Å². The van der Waals surface area contributed by atoms with Crippen LogP contribution < -0.4 is 14.8 Å². The highest BCUT2D eigenvalue weighted by Crippen LogP contribution is 2.33. The van der Waals surface area contributed by atoms with Crippen molar-refractivity contribution in [1.82, 2.24) is 15.1 Å². The summed E-state index contributed by atoms with van der Waals surface area (Å²) < 4.78 is 13.1. The molecule has 0 aliphatic heterocycles. The molecule has 152 valence electrons. The Hall–Kier alpha value is -2.51. The molecule has 0 radical (unpaired) electrons. The van der Waals surface area contributed by atoms with Crippen LogP contribution in [0.2, 0.25) is 5.15 Å². The van der Waals surface area contributed by atoms with Crippen molar-refractivity contribution in [2.75, 3.05) is 20.8 Å². The quantitative estimate of drug-likeness (QED) is 0.539. The van der Waals surface area contributed by atoms with Crippen molar-refractivity contribution in [1.29, 1.82) is 0 Å². The number of para-hydroxylation sites is 1. The summed E-state index contributed by atoms with van der Waals surface area (Å²) >= 11 is 9.99. The van der Waals surface area contributed by atoms with E-state index in [1.807, 2.05) is 42.5 Å². The number of rotatable bonds is 7. The molecule has 0 saturated carbocycles. The number of carbonyl (C=O) groups is 1. The summed E-state index contributed by atoms with van der Waals surface area (Å²) in [6, 6.07) is 13.2. The van der Waals surface area contributed by atoms with E-state index in [4.69, 9.17) is 21.1 Å². The SMILES string of the molecule is COc1cc(Br)c(CCNC(=O)c2c(C)nn(-c3ccccc3)c2Cl)cc1OC. The third-order valence-corrected chi connectivity index (χ3v) is 5.55. The fourth-order valence-corrected chi connectivity index (χ4v) is 3.86. The second-order valence-corrected chi connectivity index (χ2v) is 7.52. The van der Waals surface area contributed by atoms with E-state index in [2.05, 4.69) is 26.3 Å².